The number of Topliss-reactive ketones (excluding diaryl/α,β-unsaturated/α-hetero) is 1. The smallest absolute Gasteiger partial charge is 0.335 e. The average molecular weight is 489 g/mol. The van der Waals surface area contributed by atoms with E-state index in [1.54, 1.807) is 24.3 Å². The van der Waals surface area contributed by atoms with Crippen molar-refractivity contribution in [1.82, 2.24) is 0 Å². The fourth-order valence-corrected chi connectivity index (χ4v) is 4.29. The highest BCUT2D eigenvalue weighted by Crippen LogP contribution is 2.38. The predicted molar refractivity (Wildman–Crippen MR) is 144 cm³/mol. The molecule has 0 fully saturated rings. The molecular weight excluding hydrogens is 452 g/mol. The molecule has 0 radical (unpaired) electrons. The molecule has 0 heterocycles. The first-order chi connectivity index (χ1) is 17.1. The third-order valence-electron chi connectivity index (χ3n) is 6.22. The minimum Gasteiger partial charge on any atom is -0.491 e. The number of carboxylic acid groups (broad SMARTS) is 1. The largest absolute Gasteiger partial charge is 0.491 e. The fourth-order valence-electron chi connectivity index (χ4n) is 4.29. The Balaban J connectivity index is 2.07. The van der Waals surface area contributed by atoms with Crippen LogP contribution in [0.4, 0.5) is 0 Å². The zero-order chi connectivity index (χ0) is 26.3. The van der Waals surface area contributed by atoms with Crippen LogP contribution in [0, 0.1) is 0 Å². The third kappa shape index (κ3) is 6.82. The van der Waals surface area contributed by atoms with Crippen molar-refractivity contribution in [2.24, 2.45) is 0 Å². The Kier molecular flexibility index (Phi) is 9.05. The van der Waals surface area contributed by atoms with Gasteiger partial charge >= 0.3 is 5.97 Å². The molecule has 3 aromatic carbocycles. The van der Waals surface area contributed by atoms with Crippen molar-refractivity contribution in [3.63, 3.8) is 0 Å². The Labute approximate surface area is 213 Å². The van der Waals surface area contributed by atoms with Gasteiger partial charge in [-0.1, -0.05) is 70.5 Å². The van der Waals surface area contributed by atoms with Crippen LogP contribution in [0.25, 0.3) is 22.3 Å². The van der Waals surface area contributed by atoms with Crippen LogP contribution in [0.3, 0.4) is 0 Å². The zero-order valence-electron chi connectivity index (χ0n) is 21.6. The second kappa shape index (κ2) is 12.0. The molecule has 0 aliphatic rings. The number of aliphatic hydroxyl groups is 1. The van der Waals surface area contributed by atoms with Crippen molar-refractivity contribution < 1.29 is 24.5 Å². The highest BCUT2D eigenvalue weighted by molar-refractivity contribution is 5.88. The first-order valence-electron chi connectivity index (χ1n) is 12.5. The molecule has 0 saturated carbocycles. The Morgan fingerprint density at radius 3 is 2.17 bits per heavy atom. The lowest BCUT2D eigenvalue weighted by Crippen LogP contribution is -2.16. The van der Waals surface area contributed by atoms with Gasteiger partial charge in [-0.25, -0.2) is 4.79 Å². The lowest BCUT2D eigenvalue weighted by molar-refractivity contribution is -0.118. The van der Waals surface area contributed by atoms with Gasteiger partial charge in [0.1, 0.15) is 18.1 Å². The molecule has 190 valence electrons. The number of carboxylic acids is 1. The van der Waals surface area contributed by atoms with E-state index in [1.165, 1.54) is 0 Å². The van der Waals surface area contributed by atoms with Crippen molar-refractivity contribution in [2.45, 2.75) is 58.8 Å². The van der Waals surface area contributed by atoms with Crippen LogP contribution in [-0.4, -0.2) is 35.2 Å². The lowest BCUT2D eigenvalue weighted by atomic mass is 9.80. The summed E-state index contributed by atoms with van der Waals surface area (Å²) >= 11 is 0. The topological polar surface area (TPSA) is 83.8 Å². The number of benzene rings is 3. The molecule has 3 aromatic rings. The molecule has 5 heteroatoms. The molecule has 2 N–H and O–H groups in total. The number of hydrogen-bond acceptors (Lipinski definition) is 4. The number of ether oxygens (including phenoxy) is 1. The van der Waals surface area contributed by atoms with Gasteiger partial charge in [-0.3, -0.25) is 4.79 Å². The van der Waals surface area contributed by atoms with E-state index < -0.39 is 5.97 Å². The molecule has 5 nitrogen and oxygen atoms in total. The van der Waals surface area contributed by atoms with Gasteiger partial charge in [-0.05, 0) is 63.9 Å². The molecule has 0 aliphatic heterocycles. The molecule has 0 aliphatic carbocycles. The van der Waals surface area contributed by atoms with Crippen molar-refractivity contribution in [3.8, 4) is 28.0 Å². The van der Waals surface area contributed by atoms with Gasteiger partial charge in [0.25, 0.3) is 0 Å². The highest BCUT2D eigenvalue weighted by atomic mass is 16.5. The molecule has 0 atom stereocenters. The highest BCUT2D eigenvalue weighted by Gasteiger charge is 2.21. The van der Waals surface area contributed by atoms with Crippen molar-refractivity contribution in [2.75, 3.05) is 13.2 Å². The third-order valence-corrected chi connectivity index (χ3v) is 6.22. The number of aromatic carboxylic acids is 1. The van der Waals surface area contributed by atoms with Gasteiger partial charge in [0.15, 0.2) is 0 Å². The minimum absolute atomic E-state index is 0.0934. The van der Waals surface area contributed by atoms with Crippen molar-refractivity contribution in [1.29, 1.82) is 0 Å². The van der Waals surface area contributed by atoms with E-state index in [1.807, 2.05) is 30.3 Å². The van der Waals surface area contributed by atoms with E-state index in [0.29, 0.717) is 18.6 Å². The van der Waals surface area contributed by atoms with Crippen LogP contribution in [0.5, 0.6) is 5.75 Å². The van der Waals surface area contributed by atoms with Crippen LogP contribution >= 0.6 is 0 Å². The van der Waals surface area contributed by atoms with E-state index in [0.717, 1.165) is 46.2 Å². The Morgan fingerprint density at radius 1 is 0.889 bits per heavy atom. The molecule has 0 saturated heterocycles. The van der Waals surface area contributed by atoms with Crippen LogP contribution < -0.4 is 4.74 Å². The molecule has 3 rings (SSSR count). The number of unbranched alkanes of at least 4 members (excludes halogenated alkanes) is 1. The van der Waals surface area contributed by atoms with Gasteiger partial charge in [0.2, 0.25) is 0 Å². The van der Waals surface area contributed by atoms with E-state index in [9.17, 15) is 19.8 Å². The Hall–Kier alpha value is -3.44. The number of rotatable bonds is 11. The van der Waals surface area contributed by atoms with Gasteiger partial charge in [-0.15, -0.1) is 0 Å². The summed E-state index contributed by atoms with van der Waals surface area (Å²) in [7, 11) is 0. The predicted octanol–water partition coefficient (Wildman–Crippen LogP) is 6.69. The van der Waals surface area contributed by atoms with E-state index in [-0.39, 0.29) is 30.0 Å². The SMILES string of the molecule is CCCCC(=O)Cc1ccc(-c2cc(-c3ccc(C(=O)O)cc3)ccc2OCCO)cc1C(C)(C)C. The molecule has 36 heavy (non-hydrogen) atoms. The maximum Gasteiger partial charge on any atom is 0.335 e. The van der Waals surface area contributed by atoms with E-state index in [4.69, 9.17) is 4.74 Å². The van der Waals surface area contributed by atoms with Crippen LogP contribution in [0.2, 0.25) is 0 Å². The van der Waals surface area contributed by atoms with Gasteiger partial charge in [0.05, 0.1) is 12.2 Å². The minimum atomic E-state index is -0.960. The summed E-state index contributed by atoms with van der Waals surface area (Å²) < 4.78 is 5.86. The summed E-state index contributed by atoms with van der Waals surface area (Å²) in [5, 5.41) is 18.5. The molecule has 0 bridgehead atoms. The first kappa shape index (κ1) is 27.2. The summed E-state index contributed by atoms with van der Waals surface area (Å²) in [6, 6.07) is 18.8. The number of aliphatic hydroxyl groups excluding tert-OH is 1. The van der Waals surface area contributed by atoms with Gasteiger partial charge < -0.3 is 14.9 Å². The van der Waals surface area contributed by atoms with Crippen LogP contribution in [0.15, 0.2) is 60.7 Å². The molecule has 0 aromatic heterocycles. The average Bonchev–Trinajstić information content (AvgIpc) is 2.86. The molecule has 0 spiro atoms. The van der Waals surface area contributed by atoms with Gasteiger partial charge in [-0.2, -0.15) is 0 Å². The van der Waals surface area contributed by atoms with Gasteiger partial charge in [0, 0.05) is 18.4 Å². The number of carbonyl (C=O) groups is 2. The second-order valence-electron chi connectivity index (χ2n) is 10.1. The maximum atomic E-state index is 12.6. The molecular formula is C31H36O5. The Morgan fingerprint density at radius 2 is 1.56 bits per heavy atom. The Bertz CT molecular complexity index is 1200. The summed E-state index contributed by atoms with van der Waals surface area (Å²) in [6.07, 6.45) is 2.94. The maximum absolute atomic E-state index is 12.6. The van der Waals surface area contributed by atoms with Crippen molar-refractivity contribution in [3.05, 3.63) is 77.4 Å². The van der Waals surface area contributed by atoms with E-state index >= 15 is 0 Å². The van der Waals surface area contributed by atoms with E-state index in [2.05, 4.69) is 33.8 Å². The summed E-state index contributed by atoms with van der Waals surface area (Å²) in [5.74, 6) is -0.0478. The fraction of sp³-hybridized carbons (Fsp3) is 0.355. The number of carbonyl (C=O) groups excluding carboxylic acids is 1. The molecule has 0 amide bonds. The summed E-state index contributed by atoms with van der Waals surface area (Å²) in [6.45, 7) is 8.62. The number of hydrogen-bond donors (Lipinski definition) is 2. The first-order valence-corrected chi connectivity index (χ1v) is 12.5. The van der Waals surface area contributed by atoms with Crippen LogP contribution in [-0.2, 0) is 16.6 Å². The lowest BCUT2D eigenvalue weighted by Gasteiger charge is -2.24. The quantitative estimate of drug-likeness (QED) is 0.314. The monoisotopic (exact) mass is 488 g/mol. The van der Waals surface area contributed by atoms with Crippen LogP contribution in [0.1, 0.15) is 68.4 Å². The number of ketones is 1. The van der Waals surface area contributed by atoms with Crippen molar-refractivity contribution >= 4 is 11.8 Å². The summed E-state index contributed by atoms with van der Waals surface area (Å²) in [4.78, 5) is 23.8. The zero-order valence-corrected chi connectivity index (χ0v) is 21.6. The second-order valence-corrected chi connectivity index (χ2v) is 10.1. The standard InChI is InChI=1S/C31H36O5/c1-5-6-7-26(33)18-25-13-12-24(20-28(25)31(2,3)4)27-19-23(14-15-29(27)36-17-16-32)21-8-10-22(11-9-21)30(34)35/h8-15,19-20,32H,5-7,16-18H2,1-4H3,(H,34,35). The summed E-state index contributed by atoms with van der Waals surface area (Å²) in [5.41, 5.74) is 5.89. The normalized spacial score (nSPS) is 11.4. The molecule has 0 unspecified atom stereocenters.